The number of carbonyl (C=O) groups is 1. The molecule has 0 bridgehead atoms. The molecule has 0 radical (unpaired) electrons. The van der Waals surface area contributed by atoms with E-state index in [1.165, 1.54) is 116 Å². The van der Waals surface area contributed by atoms with Gasteiger partial charge in [0.05, 0.1) is 0 Å². The highest BCUT2D eigenvalue weighted by atomic mass is 16.2. The molecule has 1 fully saturated rings. The monoisotopic (exact) mass is 365 g/mol. The van der Waals surface area contributed by atoms with E-state index in [0.717, 1.165) is 25.9 Å². The van der Waals surface area contributed by atoms with E-state index in [-0.39, 0.29) is 0 Å². The van der Waals surface area contributed by atoms with Gasteiger partial charge in [-0.2, -0.15) is 0 Å². The lowest BCUT2D eigenvalue weighted by Crippen LogP contribution is -2.25. The normalized spacial score (nSPS) is 14.5. The van der Waals surface area contributed by atoms with E-state index in [0.29, 0.717) is 5.91 Å². The second-order valence-corrected chi connectivity index (χ2v) is 8.49. The van der Waals surface area contributed by atoms with Gasteiger partial charge in [0.1, 0.15) is 0 Å². The van der Waals surface area contributed by atoms with E-state index in [1.54, 1.807) is 0 Å². The van der Waals surface area contributed by atoms with Crippen molar-refractivity contribution in [2.24, 2.45) is 0 Å². The van der Waals surface area contributed by atoms with Crippen LogP contribution in [0.4, 0.5) is 0 Å². The van der Waals surface area contributed by atoms with Gasteiger partial charge in [-0.1, -0.05) is 116 Å². The molecule has 1 aliphatic heterocycles. The number of likely N-dealkylation sites (tertiary alicyclic amines) is 1. The maximum Gasteiger partial charge on any atom is 0.222 e. The SMILES string of the molecule is CCCCCCCCCCCCCCCCCCCCN1CCCC1=O. The Morgan fingerprint density at radius 2 is 1.00 bits per heavy atom. The van der Waals surface area contributed by atoms with E-state index >= 15 is 0 Å². The van der Waals surface area contributed by atoms with Crippen molar-refractivity contribution >= 4 is 5.91 Å². The molecule has 0 aromatic carbocycles. The Morgan fingerprint density at radius 3 is 1.35 bits per heavy atom. The van der Waals surface area contributed by atoms with Gasteiger partial charge >= 0.3 is 0 Å². The molecule has 26 heavy (non-hydrogen) atoms. The number of amides is 1. The Labute approximate surface area is 164 Å². The van der Waals surface area contributed by atoms with Crippen molar-refractivity contribution in [1.29, 1.82) is 0 Å². The van der Waals surface area contributed by atoms with Gasteiger partial charge in [0, 0.05) is 19.5 Å². The molecule has 1 heterocycles. The Morgan fingerprint density at radius 1 is 0.615 bits per heavy atom. The smallest absolute Gasteiger partial charge is 0.222 e. The average molecular weight is 366 g/mol. The lowest BCUT2D eigenvalue weighted by atomic mass is 10.0. The van der Waals surface area contributed by atoms with Gasteiger partial charge in [-0.15, -0.1) is 0 Å². The minimum Gasteiger partial charge on any atom is -0.343 e. The van der Waals surface area contributed by atoms with Crippen LogP contribution in [0.2, 0.25) is 0 Å². The Bertz CT molecular complexity index is 315. The predicted molar refractivity (Wildman–Crippen MR) is 115 cm³/mol. The van der Waals surface area contributed by atoms with Crippen molar-refractivity contribution in [3.63, 3.8) is 0 Å². The molecule has 2 nitrogen and oxygen atoms in total. The third-order valence-corrected chi connectivity index (χ3v) is 5.95. The standard InChI is InChI=1S/C24H47NO/c1-2-3-4-5-6-7-8-9-10-11-12-13-14-15-16-17-18-19-22-25-23-20-21-24(25)26/h2-23H2,1H3. The van der Waals surface area contributed by atoms with Crippen molar-refractivity contribution in [2.75, 3.05) is 13.1 Å². The zero-order chi connectivity index (χ0) is 18.7. The Hall–Kier alpha value is -0.530. The molecular formula is C24H47NO. The molecule has 2 heteroatoms. The number of rotatable bonds is 19. The second-order valence-electron chi connectivity index (χ2n) is 8.49. The summed E-state index contributed by atoms with van der Waals surface area (Å²) in [7, 11) is 0. The molecule has 0 aliphatic carbocycles. The van der Waals surface area contributed by atoms with Gasteiger partial charge in [0.25, 0.3) is 0 Å². The molecule has 0 N–H and O–H groups in total. The van der Waals surface area contributed by atoms with Crippen LogP contribution >= 0.6 is 0 Å². The third-order valence-electron chi connectivity index (χ3n) is 5.95. The van der Waals surface area contributed by atoms with Crippen LogP contribution in [0.5, 0.6) is 0 Å². The maximum atomic E-state index is 11.5. The Kier molecular flexibility index (Phi) is 16.2. The van der Waals surface area contributed by atoms with E-state index in [9.17, 15) is 4.79 Å². The first-order chi connectivity index (χ1) is 12.8. The fraction of sp³-hybridized carbons (Fsp3) is 0.958. The molecule has 1 aliphatic rings. The van der Waals surface area contributed by atoms with Crippen LogP contribution < -0.4 is 0 Å². The van der Waals surface area contributed by atoms with E-state index in [1.807, 2.05) is 0 Å². The molecule has 154 valence electrons. The summed E-state index contributed by atoms with van der Waals surface area (Å²) in [4.78, 5) is 13.6. The maximum absolute atomic E-state index is 11.5. The molecule has 1 saturated heterocycles. The lowest BCUT2D eigenvalue weighted by molar-refractivity contribution is -0.127. The van der Waals surface area contributed by atoms with Crippen LogP contribution in [0.1, 0.15) is 135 Å². The minimum atomic E-state index is 0.386. The number of unbranched alkanes of at least 4 members (excludes halogenated alkanes) is 17. The number of nitrogens with zero attached hydrogens (tertiary/aromatic N) is 1. The van der Waals surface area contributed by atoms with E-state index < -0.39 is 0 Å². The molecule has 1 amide bonds. The minimum absolute atomic E-state index is 0.386. The predicted octanol–water partition coefficient (Wildman–Crippen LogP) is 7.65. The van der Waals surface area contributed by atoms with E-state index in [4.69, 9.17) is 0 Å². The molecule has 0 aromatic heterocycles. The van der Waals surface area contributed by atoms with Crippen molar-refractivity contribution in [1.82, 2.24) is 4.90 Å². The summed E-state index contributed by atoms with van der Waals surface area (Å²) in [5, 5.41) is 0. The third kappa shape index (κ3) is 13.6. The van der Waals surface area contributed by atoms with Crippen LogP contribution in [0.25, 0.3) is 0 Å². The molecule has 0 spiro atoms. The van der Waals surface area contributed by atoms with E-state index in [2.05, 4.69) is 11.8 Å². The quantitative estimate of drug-likeness (QED) is 0.215. The summed E-state index contributed by atoms with van der Waals surface area (Å²) in [6.07, 6.45) is 27.4. The van der Waals surface area contributed by atoms with Gasteiger partial charge in [-0.05, 0) is 12.8 Å². The van der Waals surface area contributed by atoms with Gasteiger partial charge < -0.3 is 4.90 Å². The summed E-state index contributed by atoms with van der Waals surface area (Å²) in [6.45, 7) is 4.32. The van der Waals surface area contributed by atoms with Gasteiger partial charge in [-0.3, -0.25) is 4.79 Å². The van der Waals surface area contributed by atoms with Crippen LogP contribution in [-0.4, -0.2) is 23.9 Å². The van der Waals surface area contributed by atoms with Crippen LogP contribution in [0.15, 0.2) is 0 Å². The average Bonchev–Trinajstić information content (AvgIpc) is 3.05. The summed E-state index contributed by atoms with van der Waals surface area (Å²) in [6, 6.07) is 0. The largest absolute Gasteiger partial charge is 0.343 e. The zero-order valence-electron chi connectivity index (χ0n) is 17.9. The molecule has 1 rings (SSSR count). The summed E-state index contributed by atoms with van der Waals surface area (Å²) >= 11 is 0. The topological polar surface area (TPSA) is 20.3 Å². The van der Waals surface area contributed by atoms with Crippen molar-refractivity contribution < 1.29 is 4.79 Å². The molecule has 0 atom stereocenters. The van der Waals surface area contributed by atoms with Gasteiger partial charge in [-0.25, -0.2) is 0 Å². The van der Waals surface area contributed by atoms with Gasteiger partial charge in [0.2, 0.25) is 5.91 Å². The van der Waals surface area contributed by atoms with Crippen LogP contribution in [0, 0.1) is 0 Å². The van der Waals surface area contributed by atoms with Gasteiger partial charge in [0.15, 0.2) is 0 Å². The summed E-state index contributed by atoms with van der Waals surface area (Å²) in [5.41, 5.74) is 0. The first-order valence-electron chi connectivity index (χ1n) is 12.1. The van der Waals surface area contributed by atoms with Crippen molar-refractivity contribution in [3.05, 3.63) is 0 Å². The van der Waals surface area contributed by atoms with Crippen LogP contribution in [-0.2, 0) is 4.79 Å². The zero-order valence-corrected chi connectivity index (χ0v) is 17.9. The number of carbonyl (C=O) groups excluding carboxylic acids is 1. The summed E-state index contributed by atoms with van der Waals surface area (Å²) < 4.78 is 0. The highest BCUT2D eigenvalue weighted by molar-refractivity contribution is 5.77. The molecular weight excluding hydrogens is 318 g/mol. The lowest BCUT2D eigenvalue weighted by Gasteiger charge is -2.14. The molecule has 0 aromatic rings. The fourth-order valence-electron chi connectivity index (χ4n) is 4.14. The Balaban J connectivity index is 1.66. The van der Waals surface area contributed by atoms with Crippen molar-refractivity contribution in [3.8, 4) is 0 Å². The van der Waals surface area contributed by atoms with Crippen LogP contribution in [0.3, 0.4) is 0 Å². The molecule has 0 unspecified atom stereocenters. The number of hydrogen-bond acceptors (Lipinski definition) is 1. The second kappa shape index (κ2) is 17.9. The first kappa shape index (κ1) is 23.5. The molecule has 0 saturated carbocycles. The summed E-state index contributed by atoms with van der Waals surface area (Å²) in [5.74, 6) is 0.386. The first-order valence-corrected chi connectivity index (χ1v) is 12.1. The fourth-order valence-corrected chi connectivity index (χ4v) is 4.14. The highest BCUT2D eigenvalue weighted by Gasteiger charge is 2.18. The number of hydrogen-bond donors (Lipinski definition) is 0. The van der Waals surface area contributed by atoms with Crippen molar-refractivity contribution in [2.45, 2.75) is 135 Å². The highest BCUT2D eigenvalue weighted by Crippen LogP contribution is 2.15.